The zero-order chi connectivity index (χ0) is 41.0. The molecule has 2 aromatic carbocycles. The van der Waals surface area contributed by atoms with E-state index < -0.39 is 11.9 Å². The predicted molar refractivity (Wildman–Crippen MR) is 221 cm³/mol. The van der Waals surface area contributed by atoms with Crippen LogP contribution in [0, 0.1) is 17.6 Å². The number of imide groups is 1. The molecule has 2 saturated heterocycles. The summed E-state index contributed by atoms with van der Waals surface area (Å²) in [5, 5.41) is 8.80. The lowest BCUT2D eigenvalue weighted by Crippen LogP contribution is -2.47. The molecular formula is C45H52F2N8O4. The highest BCUT2D eigenvalue weighted by Crippen LogP contribution is 2.36. The Morgan fingerprint density at radius 1 is 0.831 bits per heavy atom. The molecule has 4 heterocycles. The van der Waals surface area contributed by atoms with Crippen molar-refractivity contribution in [3.05, 3.63) is 101 Å². The first kappa shape index (κ1) is 40.3. The van der Waals surface area contributed by atoms with Gasteiger partial charge in [-0.2, -0.15) is 0 Å². The number of nitrogens with zero attached hydrogens (tertiary/aromatic N) is 5. The summed E-state index contributed by atoms with van der Waals surface area (Å²) >= 11 is 0. The normalized spacial score (nSPS) is 24.3. The van der Waals surface area contributed by atoms with Crippen molar-refractivity contribution in [3.8, 4) is 16.9 Å². The first-order valence-corrected chi connectivity index (χ1v) is 21.1. The number of rotatable bonds is 10. The van der Waals surface area contributed by atoms with Crippen LogP contribution in [0.1, 0.15) is 88.5 Å². The molecule has 12 nitrogen and oxygen atoms in total. The number of amides is 3. The first-order chi connectivity index (χ1) is 28.6. The van der Waals surface area contributed by atoms with Crippen LogP contribution in [-0.4, -0.2) is 86.4 Å². The van der Waals surface area contributed by atoms with Gasteiger partial charge in [-0.1, -0.05) is 24.3 Å². The highest BCUT2D eigenvalue weighted by molar-refractivity contribution is 6.01. The lowest BCUT2D eigenvalue weighted by molar-refractivity contribution is -0.138. The van der Waals surface area contributed by atoms with Crippen molar-refractivity contribution < 1.29 is 23.2 Å². The summed E-state index contributed by atoms with van der Waals surface area (Å²) in [7, 11) is 1.95. The molecule has 4 fully saturated rings. The van der Waals surface area contributed by atoms with E-state index in [-0.39, 0.29) is 65.1 Å². The summed E-state index contributed by atoms with van der Waals surface area (Å²) in [6, 6.07) is 17.2. The van der Waals surface area contributed by atoms with Gasteiger partial charge in [0.05, 0.1) is 6.20 Å². The van der Waals surface area contributed by atoms with E-state index in [1.54, 1.807) is 42.6 Å². The number of pyridine rings is 1. The van der Waals surface area contributed by atoms with Crippen molar-refractivity contribution in [3.63, 3.8) is 0 Å². The molecule has 1 unspecified atom stereocenters. The average Bonchev–Trinajstić information content (AvgIpc) is 3.25. The smallest absolute Gasteiger partial charge is 0.255 e. The van der Waals surface area contributed by atoms with E-state index in [4.69, 9.17) is 0 Å². The van der Waals surface area contributed by atoms with Crippen molar-refractivity contribution in [2.45, 2.75) is 107 Å². The minimum atomic E-state index is -0.551. The number of halogens is 2. The van der Waals surface area contributed by atoms with Gasteiger partial charge in [-0.15, -0.1) is 0 Å². The van der Waals surface area contributed by atoms with Gasteiger partial charge in [0.1, 0.15) is 17.6 Å². The van der Waals surface area contributed by atoms with Gasteiger partial charge in [0.25, 0.3) is 5.56 Å². The van der Waals surface area contributed by atoms with Gasteiger partial charge < -0.3 is 20.4 Å². The van der Waals surface area contributed by atoms with Crippen molar-refractivity contribution in [2.24, 2.45) is 5.92 Å². The number of carbonyl (C=O) groups excluding carboxylic acids is 3. The number of anilines is 2. The lowest BCUT2D eigenvalue weighted by Gasteiger charge is -2.42. The molecule has 0 spiro atoms. The maximum atomic E-state index is 15.3. The molecule has 8 rings (SSSR count). The van der Waals surface area contributed by atoms with Crippen LogP contribution in [-0.2, 0) is 14.4 Å². The van der Waals surface area contributed by atoms with Crippen molar-refractivity contribution >= 4 is 29.4 Å². The molecule has 14 heteroatoms. The Labute approximate surface area is 342 Å². The van der Waals surface area contributed by atoms with Crippen LogP contribution in [0.3, 0.4) is 0 Å². The minimum Gasteiger partial charge on any atom is -0.374 e. The molecule has 2 saturated carbocycles. The van der Waals surface area contributed by atoms with E-state index >= 15 is 8.78 Å². The standard InChI is InChI=1S/C45H52F2N8O4/c1-53(33-15-10-31(11-16-33)50-45-48-27-38(47)42(52-45)30-5-4-6-35(25-30)55-22-3-2-7-41(55)57)44(59)29-8-13-34(14-9-29)54-23-20-28(21-24-54)36-17-12-32(26-37(36)46)49-39-18-19-40(56)51-43(39)58/h2-7,12,17,22,25-29,31,33-34,39,49H,8-11,13-16,18-21,23-24H2,1H3,(H,48,50,52)(H,51,56,58). The van der Waals surface area contributed by atoms with Crippen molar-refractivity contribution in [2.75, 3.05) is 30.8 Å². The Bertz CT molecular complexity index is 2230. The van der Waals surface area contributed by atoms with E-state index in [9.17, 15) is 19.2 Å². The molecular weight excluding hydrogens is 755 g/mol. The highest BCUT2D eigenvalue weighted by Gasteiger charge is 2.36. The van der Waals surface area contributed by atoms with Gasteiger partial charge in [0.15, 0.2) is 5.82 Å². The number of piperidine rings is 2. The Balaban J connectivity index is 0.776. The van der Waals surface area contributed by atoms with Crippen molar-refractivity contribution in [1.29, 1.82) is 0 Å². The van der Waals surface area contributed by atoms with Crippen molar-refractivity contribution in [1.82, 2.24) is 29.7 Å². The predicted octanol–water partition coefficient (Wildman–Crippen LogP) is 6.41. The SMILES string of the molecule is CN(C(=O)C1CCC(N2CCC(c3ccc(NC4CCC(=O)NC4=O)cc3F)CC2)CC1)C1CCC(Nc2ncc(F)c(-c3cccc(-n4ccccc4=O)c3)n2)CC1. The van der Waals surface area contributed by atoms with Gasteiger partial charge in [0, 0.05) is 66.7 Å². The van der Waals surface area contributed by atoms with E-state index in [0.29, 0.717) is 40.9 Å². The van der Waals surface area contributed by atoms with Crippen LogP contribution in [0.2, 0.25) is 0 Å². The van der Waals surface area contributed by atoms with Crippen LogP contribution < -0.4 is 21.5 Å². The Kier molecular flexibility index (Phi) is 12.1. The maximum absolute atomic E-state index is 15.3. The van der Waals surface area contributed by atoms with E-state index in [1.165, 1.54) is 22.9 Å². The summed E-state index contributed by atoms with van der Waals surface area (Å²) in [6.07, 6.45) is 12.3. The molecule has 0 bridgehead atoms. The fourth-order valence-electron chi connectivity index (χ4n) is 9.58. The van der Waals surface area contributed by atoms with E-state index in [1.807, 2.05) is 24.1 Å². The molecule has 2 aliphatic carbocycles. The third kappa shape index (κ3) is 9.22. The number of hydrogen-bond donors (Lipinski definition) is 3. The lowest BCUT2D eigenvalue weighted by atomic mass is 9.82. The molecule has 310 valence electrons. The van der Waals surface area contributed by atoms with Crippen LogP contribution >= 0.6 is 0 Å². The molecule has 2 aliphatic heterocycles. The number of benzene rings is 2. The molecule has 1 atom stereocenters. The Morgan fingerprint density at radius 3 is 2.34 bits per heavy atom. The third-order valence-electron chi connectivity index (χ3n) is 13.0. The first-order valence-electron chi connectivity index (χ1n) is 21.1. The average molecular weight is 807 g/mol. The topological polar surface area (TPSA) is 142 Å². The molecule has 4 aliphatic rings. The Hall–Kier alpha value is -5.50. The molecule has 2 aromatic heterocycles. The van der Waals surface area contributed by atoms with Gasteiger partial charge in [-0.3, -0.25) is 29.1 Å². The zero-order valence-electron chi connectivity index (χ0n) is 33.4. The fourth-order valence-corrected chi connectivity index (χ4v) is 9.58. The number of carbonyl (C=O) groups is 3. The second kappa shape index (κ2) is 17.8. The largest absolute Gasteiger partial charge is 0.374 e. The summed E-state index contributed by atoms with van der Waals surface area (Å²) in [4.78, 5) is 63.0. The Morgan fingerprint density at radius 2 is 1.61 bits per heavy atom. The summed E-state index contributed by atoms with van der Waals surface area (Å²) in [6.45, 7) is 1.80. The van der Waals surface area contributed by atoms with Crippen LogP contribution in [0.4, 0.5) is 20.4 Å². The van der Waals surface area contributed by atoms with Crippen LogP contribution in [0.25, 0.3) is 16.9 Å². The van der Waals surface area contributed by atoms with Gasteiger partial charge in [-0.25, -0.2) is 18.7 Å². The third-order valence-corrected chi connectivity index (χ3v) is 13.0. The number of nitrogens with one attached hydrogen (secondary N) is 3. The number of hydrogen-bond acceptors (Lipinski definition) is 9. The summed E-state index contributed by atoms with van der Waals surface area (Å²) in [5.41, 5.74) is 2.38. The van der Waals surface area contributed by atoms with E-state index in [2.05, 4.69) is 30.8 Å². The second-order valence-corrected chi connectivity index (χ2v) is 16.6. The van der Waals surface area contributed by atoms with Gasteiger partial charge in [-0.05, 0) is 126 Å². The van der Waals surface area contributed by atoms with Crippen LogP contribution in [0.5, 0.6) is 0 Å². The molecule has 0 radical (unpaired) electrons. The highest BCUT2D eigenvalue weighted by atomic mass is 19.1. The zero-order valence-corrected chi connectivity index (χ0v) is 33.4. The summed E-state index contributed by atoms with van der Waals surface area (Å²) in [5.74, 6) is -0.742. The number of aromatic nitrogens is 3. The summed E-state index contributed by atoms with van der Waals surface area (Å²) < 4.78 is 31.8. The van der Waals surface area contributed by atoms with E-state index in [0.717, 1.165) is 77.3 Å². The van der Waals surface area contributed by atoms with Gasteiger partial charge in [0.2, 0.25) is 23.7 Å². The molecule has 59 heavy (non-hydrogen) atoms. The second-order valence-electron chi connectivity index (χ2n) is 16.6. The number of likely N-dealkylation sites (tertiary alicyclic amines) is 1. The molecule has 3 amide bonds. The van der Waals surface area contributed by atoms with Gasteiger partial charge >= 0.3 is 0 Å². The van der Waals surface area contributed by atoms with Crippen LogP contribution in [0.15, 0.2) is 77.9 Å². The fraction of sp³-hybridized carbons (Fsp3) is 0.467. The minimum absolute atomic E-state index is 0.0242. The maximum Gasteiger partial charge on any atom is 0.255 e. The quantitative estimate of drug-likeness (QED) is 0.155. The monoisotopic (exact) mass is 806 g/mol. The molecule has 4 aromatic rings. The molecule has 3 N–H and O–H groups in total.